The maximum Gasteiger partial charge on any atom is 0.124 e. The van der Waals surface area contributed by atoms with Gasteiger partial charge in [0.05, 0.1) is 6.61 Å². The van der Waals surface area contributed by atoms with E-state index in [1.54, 1.807) is 5.56 Å². The largest absolute Gasteiger partial charge is 0.493 e. The molecule has 0 aromatic heterocycles. The lowest BCUT2D eigenvalue weighted by Gasteiger charge is -2.27. The first kappa shape index (κ1) is 10.2. The second-order valence-corrected chi connectivity index (χ2v) is 4.76. The molecule has 2 heteroatoms. The van der Waals surface area contributed by atoms with Crippen LogP contribution in [0.25, 0.3) is 0 Å². The quantitative estimate of drug-likeness (QED) is 0.822. The van der Waals surface area contributed by atoms with Gasteiger partial charge in [-0.2, -0.15) is 0 Å². The van der Waals surface area contributed by atoms with Crippen LogP contribution in [-0.2, 0) is 12.8 Å². The third kappa shape index (κ3) is 1.61. The smallest absolute Gasteiger partial charge is 0.124 e. The van der Waals surface area contributed by atoms with Gasteiger partial charge in [-0.1, -0.05) is 13.0 Å². The van der Waals surface area contributed by atoms with Crippen molar-refractivity contribution in [2.75, 3.05) is 13.2 Å². The third-order valence-corrected chi connectivity index (χ3v) is 3.71. The Balaban J connectivity index is 2.00. The Kier molecular flexibility index (Phi) is 2.60. The summed E-state index contributed by atoms with van der Waals surface area (Å²) in [7, 11) is 0. The lowest BCUT2D eigenvalue weighted by Crippen LogP contribution is -2.27. The van der Waals surface area contributed by atoms with Gasteiger partial charge in [-0.25, -0.2) is 0 Å². The number of rotatable bonds is 2. The minimum Gasteiger partial charge on any atom is -0.493 e. The van der Waals surface area contributed by atoms with Crippen LogP contribution >= 0.6 is 0 Å². The van der Waals surface area contributed by atoms with Gasteiger partial charge in [-0.05, 0) is 43.0 Å². The predicted molar refractivity (Wildman–Crippen MR) is 65.0 cm³/mol. The summed E-state index contributed by atoms with van der Waals surface area (Å²) in [4.78, 5) is 0. The molecular formula is C14H19NO. The van der Waals surface area contributed by atoms with Crippen LogP contribution in [0.15, 0.2) is 12.1 Å². The lowest BCUT2D eigenvalue weighted by atomic mass is 9.96. The molecular weight excluding hydrogens is 198 g/mol. The summed E-state index contributed by atoms with van der Waals surface area (Å²) in [5.41, 5.74) is 4.44. The Bertz CT molecular complexity index is 400. The zero-order valence-corrected chi connectivity index (χ0v) is 9.88. The number of hydrogen-bond donors (Lipinski definition) is 1. The molecule has 0 amide bonds. The summed E-state index contributed by atoms with van der Waals surface area (Å²) >= 11 is 0. The summed E-state index contributed by atoms with van der Waals surface area (Å²) in [6.07, 6.45) is 4.89. The number of fused-ring (bicyclic) bond motifs is 2. The van der Waals surface area contributed by atoms with Gasteiger partial charge in [0.15, 0.2) is 0 Å². The standard InChI is InChI=1S/C14H19NO/c1-2-15-13-6-7-16-14-9-11-5-3-4-10(11)8-12(13)14/h8-9,13,15H,2-7H2,1H3. The van der Waals surface area contributed by atoms with Crippen LogP contribution in [0, 0.1) is 0 Å². The molecule has 2 aliphatic rings. The molecule has 0 fully saturated rings. The summed E-state index contributed by atoms with van der Waals surface area (Å²) in [6, 6.07) is 5.16. The van der Waals surface area contributed by atoms with E-state index in [2.05, 4.69) is 24.4 Å². The monoisotopic (exact) mass is 217 g/mol. The van der Waals surface area contributed by atoms with Crippen molar-refractivity contribution in [1.82, 2.24) is 5.32 Å². The van der Waals surface area contributed by atoms with E-state index in [4.69, 9.17) is 4.74 Å². The highest BCUT2D eigenvalue weighted by atomic mass is 16.5. The molecule has 0 bridgehead atoms. The van der Waals surface area contributed by atoms with Gasteiger partial charge < -0.3 is 10.1 Å². The molecule has 1 aliphatic heterocycles. The normalized spacial score (nSPS) is 22.4. The Labute approximate surface area is 97.0 Å². The zero-order valence-electron chi connectivity index (χ0n) is 9.88. The molecule has 1 aromatic rings. The fraction of sp³-hybridized carbons (Fsp3) is 0.571. The first-order valence-corrected chi connectivity index (χ1v) is 6.40. The van der Waals surface area contributed by atoms with Crippen molar-refractivity contribution in [3.63, 3.8) is 0 Å². The van der Waals surface area contributed by atoms with Crippen molar-refractivity contribution in [2.24, 2.45) is 0 Å². The fourth-order valence-electron chi connectivity index (χ4n) is 2.92. The molecule has 3 rings (SSSR count). The average molecular weight is 217 g/mol. The van der Waals surface area contributed by atoms with Crippen LogP contribution < -0.4 is 10.1 Å². The van der Waals surface area contributed by atoms with Crippen LogP contribution in [0.2, 0.25) is 0 Å². The summed E-state index contributed by atoms with van der Waals surface area (Å²) < 4.78 is 5.79. The van der Waals surface area contributed by atoms with E-state index in [1.807, 2.05) is 0 Å². The van der Waals surface area contributed by atoms with Gasteiger partial charge in [0.2, 0.25) is 0 Å². The second kappa shape index (κ2) is 4.10. The predicted octanol–water partition coefficient (Wildman–Crippen LogP) is 2.61. The Hall–Kier alpha value is -1.02. The molecule has 0 saturated carbocycles. The molecule has 2 nitrogen and oxygen atoms in total. The molecule has 16 heavy (non-hydrogen) atoms. The minimum absolute atomic E-state index is 0.500. The van der Waals surface area contributed by atoms with Gasteiger partial charge in [-0.3, -0.25) is 0 Å². The van der Waals surface area contributed by atoms with Crippen molar-refractivity contribution in [1.29, 1.82) is 0 Å². The topological polar surface area (TPSA) is 21.3 Å². The number of benzene rings is 1. The van der Waals surface area contributed by atoms with Crippen LogP contribution in [0.5, 0.6) is 5.75 Å². The average Bonchev–Trinajstić information content (AvgIpc) is 2.74. The van der Waals surface area contributed by atoms with Gasteiger partial charge in [0, 0.05) is 18.0 Å². The molecule has 1 heterocycles. The molecule has 1 aliphatic carbocycles. The van der Waals surface area contributed by atoms with Crippen molar-refractivity contribution in [3.05, 3.63) is 28.8 Å². The first-order chi connectivity index (χ1) is 7.88. The minimum atomic E-state index is 0.500. The number of nitrogens with one attached hydrogen (secondary N) is 1. The van der Waals surface area contributed by atoms with E-state index in [-0.39, 0.29) is 0 Å². The van der Waals surface area contributed by atoms with E-state index >= 15 is 0 Å². The molecule has 0 saturated heterocycles. The summed E-state index contributed by atoms with van der Waals surface area (Å²) in [5, 5.41) is 3.55. The highest BCUT2D eigenvalue weighted by Crippen LogP contribution is 2.37. The van der Waals surface area contributed by atoms with Crippen LogP contribution in [-0.4, -0.2) is 13.2 Å². The number of ether oxygens (including phenoxy) is 1. The maximum absolute atomic E-state index is 5.79. The van der Waals surface area contributed by atoms with Crippen molar-refractivity contribution in [2.45, 2.75) is 38.6 Å². The van der Waals surface area contributed by atoms with Crippen molar-refractivity contribution >= 4 is 0 Å². The van der Waals surface area contributed by atoms with Gasteiger partial charge in [-0.15, -0.1) is 0 Å². The molecule has 1 unspecified atom stereocenters. The van der Waals surface area contributed by atoms with E-state index in [1.165, 1.54) is 30.4 Å². The Morgan fingerprint density at radius 1 is 1.31 bits per heavy atom. The van der Waals surface area contributed by atoms with E-state index in [0.717, 1.165) is 25.3 Å². The van der Waals surface area contributed by atoms with Gasteiger partial charge >= 0.3 is 0 Å². The fourth-order valence-corrected chi connectivity index (χ4v) is 2.92. The van der Waals surface area contributed by atoms with Crippen LogP contribution in [0.3, 0.4) is 0 Å². The summed E-state index contributed by atoms with van der Waals surface area (Å²) in [5.74, 6) is 1.12. The SMILES string of the molecule is CCNC1CCOc2cc3c(cc21)CCC3. The van der Waals surface area contributed by atoms with Crippen LogP contribution in [0.1, 0.15) is 42.5 Å². The van der Waals surface area contributed by atoms with Crippen molar-refractivity contribution in [3.8, 4) is 5.75 Å². The molecule has 86 valence electrons. The maximum atomic E-state index is 5.79. The number of hydrogen-bond acceptors (Lipinski definition) is 2. The zero-order chi connectivity index (χ0) is 11.0. The summed E-state index contributed by atoms with van der Waals surface area (Å²) in [6.45, 7) is 4.05. The van der Waals surface area contributed by atoms with Gasteiger partial charge in [0.1, 0.15) is 5.75 Å². The van der Waals surface area contributed by atoms with Gasteiger partial charge in [0.25, 0.3) is 0 Å². The Morgan fingerprint density at radius 3 is 2.94 bits per heavy atom. The van der Waals surface area contributed by atoms with E-state index < -0.39 is 0 Å². The molecule has 1 atom stereocenters. The molecule has 0 radical (unpaired) electrons. The second-order valence-electron chi connectivity index (χ2n) is 4.76. The third-order valence-electron chi connectivity index (χ3n) is 3.71. The molecule has 1 N–H and O–H groups in total. The highest BCUT2D eigenvalue weighted by molar-refractivity contribution is 5.47. The first-order valence-electron chi connectivity index (χ1n) is 6.40. The van der Waals surface area contributed by atoms with Crippen molar-refractivity contribution < 1.29 is 4.74 Å². The number of aryl methyl sites for hydroxylation is 2. The lowest BCUT2D eigenvalue weighted by molar-refractivity contribution is 0.254. The van der Waals surface area contributed by atoms with Crippen LogP contribution in [0.4, 0.5) is 0 Å². The molecule has 0 spiro atoms. The highest BCUT2D eigenvalue weighted by Gasteiger charge is 2.23. The molecule has 1 aromatic carbocycles. The van der Waals surface area contributed by atoms with E-state index in [9.17, 15) is 0 Å². The van der Waals surface area contributed by atoms with E-state index in [0.29, 0.717) is 6.04 Å². The Morgan fingerprint density at radius 2 is 2.12 bits per heavy atom.